The molecule has 0 aliphatic rings. The van der Waals surface area contributed by atoms with E-state index in [1.165, 1.54) is 6.42 Å². The van der Waals surface area contributed by atoms with Gasteiger partial charge in [0.15, 0.2) is 0 Å². The maximum Gasteiger partial charge on any atom is 0.00622 e. The van der Waals surface area contributed by atoms with Crippen LogP contribution < -0.4 is 0 Å². The molecule has 0 saturated carbocycles. The Balaban J connectivity index is 3.76. The van der Waals surface area contributed by atoms with Crippen LogP contribution in [0.1, 0.15) is 34.1 Å². The zero-order valence-corrected chi connectivity index (χ0v) is 9.11. The number of rotatable bonds is 4. The Bertz CT molecular complexity index is 74.8. The van der Waals surface area contributed by atoms with Crippen LogP contribution in [0.4, 0.5) is 0 Å². The lowest BCUT2D eigenvalue weighted by molar-refractivity contribution is 0.295. The van der Waals surface area contributed by atoms with E-state index >= 15 is 0 Å². The summed E-state index contributed by atoms with van der Waals surface area (Å²) in [6.45, 7) is 9.22. The van der Waals surface area contributed by atoms with Crippen molar-refractivity contribution in [1.29, 1.82) is 0 Å². The lowest BCUT2D eigenvalue weighted by atomic mass is 9.85. The zero-order chi connectivity index (χ0) is 8.15. The average Bonchev–Trinajstić information content (AvgIpc) is 1.90. The fraction of sp³-hybridized carbons (Fsp3) is 1.00. The Kier molecular flexibility index (Phi) is 5.42. The van der Waals surface area contributed by atoms with E-state index in [-0.39, 0.29) is 0 Å². The van der Waals surface area contributed by atoms with Gasteiger partial charge in [-0.2, -0.15) is 0 Å². The fourth-order valence-corrected chi connectivity index (χ4v) is 2.21. The Morgan fingerprint density at radius 2 is 1.70 bits per heavy atom. The minimum atomic E-state index is 0.822. The summed E-state index contributed by atoms with van der Waals surface area (Å²) in [5, 5.41) is 1.16. The van der Waals surface area contributed by atoms with Gasteiger partial charge in [-0.25, -0.2) is 0 Å². The summed E-state index contributed by atoms with van der Waals surface area (Å²) < 4.78 is 0. The highest BCUT2D eigenvalue weighted by molar-refractivity contribution is 9.09. The van der Waals surface area contributed by atoms with Gasteiger partial charge in [0.05, 0.1) is 0 Å². The van der Waals surface area contributed by atoms with Crippen LogP contribution in [0, 0.1) is 17.8 Å². The van der Waals surface area contributed by atoms with E-state index < -0.39 is 0 Å². The molecule has 0 aliphatic carbocycles. The lowest BCUT2D eigenvalue weighted by Gasteiger charge is -2.23. The molecule has 62 valence electrons. The summed E-state index contributed by atoms with van der Waals surface area (Å²) in [5.41, 5.74) is 0. The van der Waals surface area contributed by atoms with Gasteiger partial charge in [0.25, 0.3) is 0 Å². The van der Waals surface area contributed by atoms with Crippen molar-refractivity contribution in [2.45, 2.75) is 34.1 Å². The lowest BCUT2D eigenvalue weighted by Crippen LogP contribution is -2.17. The third-order valence-electron chi connectivity index (χ3n) is 2.52. The minimum Gasteiger partial charge on any atom is -0.0925 e. The van der Waals surface area contributed by atoms with Gasteiger partial charge in [0, 0.05) is 5.33 Å². The van der Waals surface area contributed by atoms with Crippen molar-refractivity contribution in [3.05, 3.63) is 0 Å². The molecule has 2 atom stereocenters. The molecule has 0 aromatic heterocycles. The van der Waals surface area contributed by atoms with Gasteiger partial charge in [0.2, 0.25) is 0 Å². The van der Waals surface area contributed by atoms with Gasteiger partial charge in [-0.05, 0) is 17.8 Å². The Labute approximate surface area is 73.5 Å². The van der Waals surface area contributed by atoms with Crippen LogP contribution >= 0.6 is 15.9 Å². The van der Waals surface area contributed by atoms with Crippen molar-refractivity contribution in [1.82, 2.24) is 0 Å². The number of hydrogen-bond donors (Lipinski definition) is 0. The molecule has 0 aromatic carbocycles. The summed E-state index contributed by atoms with van der Waals surface area (Å²) in [6.07, 6.45) is 1.30. The van der Waals surface area contributed by atoms with Gasteiger partial charge >= 0.3 is 0 Å². The molecule has 0 saturated heterocycles. The molecule has 0 fully saturated rings. The second-order valence-corrected chi connectivity index (χ2v) is 4.07. The molecule has 0 aromatic rings. The van der Waals surface area contributed by atoms with Crippen LogP contribution in [0.3, 0.4) is 0 Å². The molecular weight excluding hydrogens is 188 g/mol. The standard InChI is InChI=1S/C9H19Br/c1-5-9(6-10)8(4)7(2)3/h7-9H,5-6H2,1-4H3/t8-,9+/m1/s1. The first-order chi connectivity index (χ1) is 4.63. The Morgan fingerprint density at radius 3 is 1.80 bits per heavy atom. The fourth-order valence-electron chi connectivity index (χ4n) is 1.17. The van der Waals surface area contributed by atoms with Gasteiger partial charge in [0.1, 0.15) is 0 Å². The average molecular weight is 207 g/mol. The predicted molar refractivity (Wildman–Crippen MR) is 51.6 cm³/mol. The summed E-state index contributed by atoms with van der Waals surface area (Å²) in [4.78, 5) is 0. The SMILES string of the molecule is CC[C@@H](CBr)[C@H](C)C(C)C. The first-order valence-corrected chi connectivity index (χ1v) is 5.31. The molecule has 0 rings (SSSR count). The van der Waals surface area contributed by atoms with Gasteiger partial charge < -0.3 is 0 Å². The molecule has 0 N–H and O–H groups in total. The molecule has 0 bridgehead atoms. The number of alkyl halides is 1. The molecule has 10 heavy (non-hydrogen) atoms. The third-order valence-corrected chi connectivity index (χ3v) is 3.35. The van der Waals surface area contributed by atoms with Gasteiger partial charge in [-0.1, -0.05) is 50.0 Å². The summed E-state index contributed by atoms with van der Waals surface area (Å²) >= 11 is 3.54. The maximum absolute atomic E-state index is 3.54. The zero-order valence-electron chi connectivity index (χ0n) is 7.52. The molecular formula is C9H19Br. The van der Waals surface area contributed by atoms with E-state index in [2.05, 4.69) is 43.6 Å². The van der Waals surface area contributed by atoms with Crippen molar-refractivity contribution in [2.75, 3.05) is 5.33 Å². The number of halogens is 1. The van der Waals surface area contributed by atoms with E-state index in [0.717, 1.165) is 23.1 Å². The van der Waals surface area contributed by atoms with Crippen LogP contribution in [-0.4, -0.2) is 5.33 Å². The van der Waals surface area contributed by atoms with Crippen LogP contribution in [0.25, 0.3) is 0 Å². The van der Waals surface area contributed by atoms with Crippen molar-refractivity contribution < 1.29 is 0 Å². The highest BCUT2D eigenvalue weighted by Gasteiger charge is 2.16. The largest absolute Gasteiger partial charge is 0.0925 e. The summed E-state index contributed by atoms with van der Waals surface area (Å²) in [5.74, 6) is 2.53. The van der Waals surface area contributed by atoms with Gasteiger partial charge in [-0.15, -0.1) is 0 Å². The van der Waals surface area contributed by atoms with Crippen molar-refractivity contribution in [3.8, 4) is 0 Å². The molecule has 0 aliphatic heterocycles. The molecule has 0 unspecified atom stereocenters. The highest BCUT2D eigenvalue weighted by atomic mass is 79.9. The smallest absolute Gasteiger partial charge is 0.00622 e. The second kappa shape index (κ2) is 5.17. The minimum absolute atomic E-state index is 0.822. The van der Waals surface area contributed by atoms with E-state index in [9.17, 15) is 0 Å². The molecule has 0 amide bonds. The van der Waals surface area contributed by atoms with E-state index in [4.69, 9.17) is 0 Å². The monoisotopic (exact) mass is 206 g/mol. The predicted octanol–water partition coefficient (Wildman–Crippen LogP) is 3.70. The van der Waals surface area contributed by atoms with Crippen molar-refractivity contribution in [3.63, 3.8) is 0 Å². The molecule has 0 heterocycles. The molecule has 0 nitrogen and oxygen atoms in total. The van der Waals surface area contributed by atoms with Crippen molar-refractivity contribution in [2.24, 2.45) is 17.8 Å². The molecule has 0 radical (unpaired) electrons. The topological polar surface area (TPSA) is 0 Å². The molecule has 0 spiro atoms. The van der Waals surface area contributed by atoms with Crippen LogP contribution in [0.5, 0.6) is 0 Å². The van der Waals surface area contributed by atoms with Gasteiger partial charge in [-0.3, -0.25) is 0 Å². The first-order valence-electron chi connectivity index (χ1n) is 4.19. The summed E-state index contributed by atoms with van der Waals surface area (Å²) in [7, 11) is 0. The van der Waals surface area contributed by atoms with E-state index in [0.29, 0.717) is 0 Å². The molecule has 1 heteroatoms. The Hall–Kier alpha value is 0.480. The van der Waals surface area contributed by atoms with Crippen LogP contribution in [0.15, 0.2) is 0 Å². The van der Waals surface area contributed by atoms with E-state index in [1.54, 1.807) is 0 Å². The first kappa shape index (κ1) is 10.5. The summed E-state index contributed by atoms with van der Waals surface area (Å²) in [6, 6.07) is 0. The Morgan fingerprint density at radius 1 is 1.20 bits per heavy atom. The van der Waals surface area contributed by atoms with Crippen molar-refractivity contribution >= 4 is 15.9 Å². The van der Waals surface area contributed by atoms with Crippen LogP contribution in [-0.2, 0) is 0 Å². The normalized spacial score (nSPS) is 17.4. The highest BCUT2D eigenvalue weighted by Crippen LogP contribution is 2.24. The van der Waals surface area contributed by atoms with Crippen LogP contribution in [0.2, 0.25) is 0 Å². The quantitative estimate of drug-likeness (QED) is 0.616. The van der Waals surface area contributed by atoms with E-state index in [1.807, 2.05) is 0 Å². The number of hydrogen-bond acceptors (Lipinski definition) is 0. The third kappa shape index (κ3) is 3.05. The maximum atomic E-state index is 3.54. The second-order valence-electron chi connectivity index (χ2n) is 3.43.